The normalized spacial score (nSPS) is 12.4. The zero-order chi connectivity index (χ0) is 23.6. The average molecular weight is 498 g/mol. The van der Waals surface area contributed by atoms with Gasteiger partial charge in [-0.05, 0) is 55.8 Å². The number of amides is 1. The van der Waals surface area contributed by atoms with Crippen LogP contribution in [0.2, 0.25) is 5.02 Å². The summed E-state index contributed by atoms with van der Waals surface area (Å²) in [5.74, 6) is -1.23. The largest absolute Gasteiger partial charge is 1.00 e. The number of nitrogens with one attached hydrogen (secondary N) is 3. The number of allylic oxidation sites excluding steroid dienone is 1. The van der Waals surface area contributed by atoms with Gasteiger partial charge < -0.3 is 20.5 Å². The second-order valence-electron chi connectivity index (χ2n) is 6.78. The summed E-state index contributed by atoms with van der Waals surface area (Å²) in [5, 5.41) is 28.0. The van der Waals surface area contributed by atoms with Crippen LogP contribution in [0, 0.1) is 6.92 Å². The van der Waals surface area contributed by atoms with Gasteiger partial charge >= 0.3 is 29.6 Å². The first kappa shape index (κ1) is 26.7. The molecule has 0 fully saturated rings. The van der Waals surface area contributed by atoms with Crippen LogP contribution in [-0.2, 0) is 14.8 Å². The summed E-state index contributed by atoms with van der Waals surface area (Å²) in [7, 11) is -4.12. The van der Waals surface area contributed by atoms with Crippen molar-refractivity contribution in [1.29, 1.82) is 0 Å². The number of aromatic nitrogens is 1. The molecule has 3 aromatic rings. The second-order valence-corrected chi connectivity index (χ2v) is 8.67. The number of aliphatic hydroxyl groups is 1. The number of fused-ring (bicyclic) bond motifs is 1. The number of nitrogens with zero attached hydrogens (tertiary/aromatic N) is 2. The first-order valence-corrected chi connectivity index (χ1v) is 10.9. The van der Waals surface area contributed by atoms with Gasteiger partial charge in [-0.3, -0.25) is 9.59 Å². The number of carbonyl (C=O) groups excluding carboxylic acids is 1. The van der Waals surface area contributed by atoms with E-state index in [1.807, 2.05) is 0 Å². The number of benzene rings is 2. The quantitative estimate of drug-likeness (QED) is 0.211. The van der Waals surface area contributed by atoms with E-state index in [2.05, 4.69) is 20.5 Å². The number of halogens is 1. The molecule has 0 aliphatic rings. The Morgan fingerprint density at radius 3 is 2.39 bits per heavy atom. The second kappa shape index (κ2) is 10.6. The minimum absolute atomic E-state index is 0. The zero-order valence-corrected chi connectivity index (χ0v) is 21.4. The number of rotatable bonds is 5. The van der Waals surface area contributed by atoms with Crippen molar-refractivity contribution in [3.05, 3.63) is 80.0 Å². The number of aliphatic hydroxyl groups excluding tert-OH is 1. The molecule has 3 rings (SSSR count). The van der Waals surface area contributed by atoms with E-state index >= 15 is 0 Å². The third-order valence-electron chi connectivity index (χ3n) is 4.36. The van der Waals surface area contributed by atoms with Crippen molar-refractivity contribution in [1.82, 2.24) is 4.98 Å². The molecule has 10 nitrogen and oxygen atoms in total. The van der Waals surface area contributed by atoms with E-state index in [1.54, 1.807) is 13.0 Å². The Hall–Kier alpha value is -2.54. The topological polar surface area (TPSA) is 165 Å². The van der Waals surface area contributed by atoms with E-state index < -0.39 is 27.4 Å². The van der Waals surface area contributed by atoms with Gasteiger partial charge in [0.15, 0.2) is 5.70 Å². The van der Waals surface area contributed by atoms with Gasteiger partial charge in [-0.1, -0.05) is 11.6 Å². The van der Waals surface area contributed by atoms with E-state index in [-0.39, 0.29) is 56.4 Å². The van der Waals surface area contributed by atoms with Crippen molar-refractivity contribution in [3.8, 4) is 0 Å². The third-order valence-corrected chi connectivity index (χ3v) is 5.55. The maximum absolute atomic E-state index is 12.5. The molecular weight excluding hydrogens is 481 g/mol. The van der Waals surface area contributed by atoms with E-state index in [9.17, 15) is 23.1 Å². The molecule has 0 unspecified atom stereocenters. The molecule has 166 valence electrons. The van der Waals surface area contributed by atoms with Gasteiger partial charge in [-0.15, -0.1) is 10.2 Å². The Kier molecular flexibility index (Phi) is 8.57. The molecule has 0 saturated heterocycles. The van der Waals surface area contributed by atoms with Crippen LogP contribution in [0.15, 0.2) is 73.8 Å². The van der Waals surface area contributed by atoms with Crippen molar-refractivity contribution < 1.29 is 47.9 Å². The van der Waals surface area contributed by atoms with Crippen LogP contribution in [0.1, 0.15) is 12.5 Å². The number of anilines is 1. The number of sulfonamides is 1. The van der Waals surface area contributed by atoms with Gasteiger partial charge in [0.2, 0.25) is 5.56 Å². The summed E-state index contributed by atoms with van der Waals surface area (Å²) in [6.45, 7) is 3.01. The smallest absolute Gasteiger partial charge is 0.560 e. The Morgan fingerprint density at radius 2 is 1.82 bits per heavy atom. The molecule has 0 aliphatic carbocycles. The predicted octanol–water partition coefficient (Wildman–Crippen LogP) is 1.75. The van der Waals surface area contributed by atoms with Gasteiger partial charge in [0.25, 0.3) is 5.91 Å². The molecule has 0 atom stereocenters. The number of aryl methyl sites for hydroxylation is 1. The predicted molar refractivity (Wildman–Crippen MR) is 121 cm³/mol. The standard InChI is InChI=1S/C20H18ClN5O5S.Na/c1-10-7-18(28)24-16-9-17(15(21)8-14(10)16)25-26-19(11(2)27)20(29)23-12-3-5-13(6-4-12)32(22,30)31;/h3-9H,1-2H3,(H5,22,23,24,25,27,28,29,30,31);/q;+1/p-1. The summed E-state index contributed by atoms with van der Waals surface area (Å²) in [4.78, 5) is 26.7. The van der Waals surface area contributed by atoms with Gasteiger partial charge in [0.1, 0.15) is 11.4 Å². The molecular formula is C20H17ClN5NaO5S. The van der Waals surface area contributed by atoms with Crippen LogP contribution < -0.4 is 40.4 Å². The van der Waals surface area contributed by atoms with Crippen molar-refractivity contribution >= 4 is 49.8 Å². The van der Waals surface area contributed by atoms with E-state index in [0.717, 1.165) is 23.1 Å². The molecule has 0 bridgehead atoms. The molecule has 1 aromatic heterocycles. The maximum atomic E-state index is 12.5. The summed E-state index contributed by atoms with van der Waals surface area (Å²) in [5.41, 5.74) is 0.884. The first-order valence-electron chi connectivity index (χ1n) is 9.01. The molecule has 2 aromatic carbocycles. The number of hydrogen-bond donors (Lipinski definition) is 3. The van der Waals surface area contributed by atoms with E-state index in [4.69, 9.17) is 16.7 Å². The van der Waals surface area contributed by atoms with Gasteiger partial charge in [0, 0.05) is 22.0 Å². The SMILES string of the molecule is CC(O)=C(N=Nc1cc2[nH]c(=O)cc(C)c2cc1Cl)C(=O)Nc1ccc(S([NH-])(=O)=O)cc1.[Na+]. The minimum atomic E-state index is -4.12. The molecule has 13 heteroatoms. The van der Waals surface area contributed by atoms with E-state index in [1.165, 1.54) is 31.2 Å². The molecule has 0 spiro atoms. The number of hydrogen-bond acceptors (Lipinski definition) is 7. The number of pyridine rings is 1. The molecule has 0 saturated carbocycles. The summed E-state index contributed by atoms with van der Waals surface area (Å²) in [6.07, 6.45) is 0. The number of aromatic amines is 1. The van der Waals surface area contributed by atoms with E-state index in [0.29, 0.717) is 5.52 Å². The Balaban J connectivity index is 0.00000385. The fourth-order valence-corrected chi connectivity index (χ4v) is 3.50. The molecule has 1 amide bonds. The van der Waals surface area contributed by atoms with Crippen LogP contribution in [0.4, 0.5) is 11.4 Å². The Bertz CT molecular complexity index is 1450. The van der Waals surface area contributed by atoms with Crippen molar-refractivity contribution in [3.63, 3.8) is 0 Å². The molecule has 1 heterocycles. The summed E-state index contributed by atoms with van der Waals surface area (Å²) >= 11 is 6.25. The Labute approximate surface area is 215 Å². The first-order chi connectivity index (χ1) is 15.0. The number of azo groups is 1. The maximum Gasteiger partial charge on any atom is 1.00 e. The van der Waals surface area contributed by atoms with Crippen molar-refractivity contribution in [2.45, 2.75) is 18.7 Å². The Morgan fingerprint density at radius 1 is 1.18 bits per heavy atom. The van der Waals surface area contributed by atoms with Gasteiger partial charge in [-0.2, -0.15) is 0 Å². The van der Waals surface area contributed by atoms with Crippen LogP contribution in [0.25, 0.3) is 16.0 Å². The minimum Gasteiger partial charge on any atom is -0.560 e. The molecule has 4 N–H and O–H groups in total. The van der Waals surface area contributed by atoms with Crippen LogP contribution in [-0.4, -0.2) is 24.4 Å². The molecule has 33 heavy (non-hydrogen) atoms. The van der Waals surface area contributed by atoms with Gasteiger partial charge in [-0.25, -0.2) is 8.42 Å². The van der Waals surface area contributed by atoms with Crippen LogP contribution in [0.5, 0.6) is 0 Å². The summed E-state index contributed by atoms with van der Waals surface area (Å²) < 4.78 is 22.4. The zero-order valence-electron chi connectivity index (χ0n) is 17.8. The average Bonchev–Trinajstić information content (AvgIpc) is 2.68. The fraction of sp³-hybridized carbons (Fsp3) is 0.100. The van der Waals surface area contributed by atoms with Crippen LogP contribution in [0.3, 0.4) is 0 Å². The number of carbonyl (C=O) groups is 1. The van der Waals surface area contributed by atoms with Crippen molar-refractivity contribution in [2.75, 3.05) is 5.32 Å². The molecule has 0 aliphatic heterocycles. The monoisotopic (exact) mass is 497 g/mol. The van der Waals surface area contributed by atoms with Crippen LogP contribution >= 0.6 is 11.6 Å². The third kappa shape index (κ3) is 6.50. The fourth-order valence-electron chi connectivity index (χ4n) is 2.81. The van der Waals surface area contributed by atoms with Crippen molar-refractivity contribution in [2.24, 2.45) is 10.2 Å². The molecule has 0 radical (unpaired) electrons. The number of H-pyrrole nitrogens is 1. The summed E-state index contributed by atoms with van der Waals surface area (Å²) in [6, 6.07) is 9.44. The van der Waals surface area contributed by atoms with Gasteiger partial charge in [0.05, 0.1) is 20.6 Å².